The predicted molar refractivity (Wildman–Crippen MR) is 134 cm³/mol. The number of hydrogen-bond acceptors (Lipinski definition) is 8. The fraction of sp³-hybridized carbons (Fsp3) is 0.308. The number of carbonyl (C=O) groups excluding carboxylic acids is 1. The second-order valence-corrected chi connectivity index (χ2v) is 8.60. The minimum Gasteiger partial charge on any atom is -0.467 e. The molecule has 36 heavy (non-hydrogen) atoms. The quantitative estimate of drug-likeness (QED) is 0.388. The molecule has 186 valence electrons. The molecule has 10 nitrogen and oxygen atoms in total. The van der Waals surface area contributed by atoms with Crippen molar-refractivity contribution in [2.24, 2.45) is 0 Å². The van der Waals surface area contributed by atoms with Crippen molar-refractivity contribution in [1.82, 2.24) is 24.9 Å². The van der Waals surface area contributed by atoms with Crippen LogP contribution < -0.4 is 10.5 Å². The molecule has 4 aromatic rings. The largest absolute Gasteiger partial charge is 0.467 e. The van der Waals surface area contributed by atoms with Gasteiger partial charge in [-0.3, -0.25) is 4.68 Å². The Hall–Kier alpha value is -4.18. The molecule has 1 aliphatic rings. The zero-order chi connectivity index (χ0) is 24.9. The maximum Gasteiger partial charge on any atom is 0.410 e. The summed E-state index contributed by atoms with van der Waals surface area (Å²) in [6.07, 6.45) is 1.15. The summed E-state index contributed by atoms with van der Waals surface area (Å²) in [5.41, 5.74) is 9.94. The SMILES string of the molecule is COCOc1ccccc1-c1cc2c(nn1)c(N)nn2C1CCN(C(=O)OCc2ccccc2)CC1. The molecule has 0 saturated carbocycles. The fourth-order valence-electron chi connectivity index (χ4n) is 4.40. The summed E-state index contributed by atoms with van der Waals surface area (Å²) >= 11 is 0. The van der Waals surface area contributed by atoms with Crippen LogP contribution >= 0.6 is 0 Å². The topological polar surface area (TPSA) is 118 Å². The molecule has 0 aliphatic carbocycles. The Labute approximate surface area is 208 Å². The molecule has 10 heteroatoms. The lowest BCUT2D eigenvalue weighted by atomic mass is 10.1. The summed E-state index contributed by atoms with van der Waals surface area (Å²) in [5, 5.41) is 13.3. The molecule has 0 atom stereocenters. The molecular weight excluding hydrogens is 460 g/mol. The van der Waals surface area contributed by atoms with Crippen LogP contribution in [-0.4, -0.2) is 58.0 Å². The predicted octanol–water partition coefficient (Wildman–Crippen LogP) is 4.03. The third-order valence-corrected chi connectivity index (χ3v) is 6.25. The molecule has 0 unspecified atom stereocenters. The van der Waals surface area contributed by atoms with E-state index in [0.29, 0.717) is 35.9 Å². The highest BCUT2D eigenvalue weighted by Gasteiger charge is 2.27. The molecule has 2 N–H and O–H groups in total. The molecule has 1 amide bonds. The summed E-state index contributed by atoms with van der Waals surface area (Å²) in [6, 6.07) is 19.2. The Morgan fingerprint density at radius 1 is 1.06 bits per heavy atom. The van der Waals surface area contributed by atoms with Gasteiger partial charge >= 0.3 is 6.09 Å². The van der Waals surface area contributed by atoms with Gasteiger partial charge in [0, 0.05) is 25.8 Å². The van der Waals surface area contributed by atoms with E-state index in [1.807, 2.05) is 65.3 Å². The van der Waals surface area contributed by atoms with Crippen LogP contribution in [0.4, 0.5) is 10.6 Å². The Kier molecular flexibility index (Phi) is 6.94. The summed E-state index contributed by atoms with van der Waals surface area (Å²) in [6.45, 7) is 1.53. The van der Waals surface area contributed by atoms with Gasteiger partial charge in [0.05, 0.1) is 17.3 Å². The van der Waals surface area contributed by atoms with Crippen LogP contribution in [0.3, 0.4) is 0 Å². The smallest absolute Gasteiger partial charge is 0.410 e. The van der Waals surface area contributed by atoms with E-state index in [0.717, 1.165) is 29.5 Å². The number of carbonyl (C=O) groups is 1. The third kappa shape index (κ3) is 4.94. The van der Waals surface area contributed by atoms with E-state index in [9.17, 15) is 4.79 Å². The maximum atomic E-state index is 12.6. The van der Waals surface area contributed by atoms with Crippen molar-refractivity contribution in [2.45, 2.75) is 25.5 Å². The number of piperidine rings is 1. The minimum absolute atomic E-state index is 0.0695. The number of ether oxygens (including phenoxy) is 3. The second kappa shape index (κ2) is 10.6. The Bertz CT molecular complexity index is 1340. The lowest BCUT2D eigenvalue weighted by molar-refractivity contribution is 0.0515. The number of likely N-dealkylation sites (tertiary alicyclic amines) is 1. The first-order valence-electron chi connectivity index (χ1n) is 11.8. The van der Waals surface area contributed by atoms with Gasteiger partial charge in [0.2, 0.25) is 0 Å². The highest BCUT2D eigenvalue weighted by atomic mass is 16.7. The molecule has 2 aromatic carbocycles. The molecule has 2 aromatic heterocycles. The van der Waals surface area contributed by atoms with Gasteiger partial charge in [-0.25, -0.2) is 4.79 Å². The number of para-hydroxylation sites is 1. The lowest BCUT2D eigenvalue weighted by Crippen LogP contribution is -2.39. The summed E-state index contributed by atoms with van der Waals surface area (Å²) in [5.74, 6) is 0.979. The standard InChI is InChI=1S/C26H28N6O4/c1-34-17-36-23-10-6-5-9-20(23)21-15-22-24(29-28-21)25(27)30-32(22)19-11-13-31(14-12-19)26(33)35-16-18-7-3-2-4-8-18/h2-10,15,19H,11-14,16-17H2,1H3,(H2,27,30). The van der Waals surface area contributed by atoms with Crippen molar-refractivity contribution in [3.05, 3.63) is 66.2 Å². The van der Waals surface area contributed by atoms with E-state index >= 15 is 0 Å². The van der Waals surface area contributed by atoms with Crippen molar-refractivity contribution >= 4 is 22.9 Å². The van der Waals surface area contributed by atoms with E-state index in [4.69, 9.17) is 19.9 Å². The third-order valence-electron chi connectivity index (χ3n) is 6.25. The van der Waals surface area contributed by atoms with Gasteiger partial charge in [-0.05, 0) is 36.6 Å². The van der Waals surface area contributed by atoms with Gasteiger partial charge in [0.25, 0.3) is 0 Å². The van der Waals surface area contributed by atoms with Crippen LogP contribution in [0, 0.1) is 0 Å². The van der Waals surface area contributed by atoms with Crippen molar-refractivity contribution in [2.75, 3.05) is 32.7 Å². The summed E-state index contributed by atoms with van der Waals surface area (Å²) in [4.78, 5) is 14.3. The maximum absolute atomic E-state index is 12.6. The van der Waals surface area contributed by atoms with Gasteiger partial charge in [0.15, 0.2) is 18.1 Å². The van der Waals surface area contributed by atoms with Gasteiger partial charge < -0.3 is 24.8 Å². The molecule has 1 fully saturated rings. The fourth-order valence-corrected chi connectivity index (χ4v) is 4.40. The van der Waals surface area contributed by atoms with Gasteiger partial charge in [0.1, 0.15) is 12.4 Å². The summed E-state index contributed by atoms with van der Waals surface area (Å²) in [7, 11) is 1.57. The Morgan fingerprint density at radius 2 is 1.81 bits per heavy atom. The molecule has 0 bridgehead atoms. The highest BCUT2D eigenvalue weighted by molar-refractivity contribution is 5.87. The number of fused-ring (bicyclic) bond motifs is 1. The number of nitrogens with two attached hydrogens (primary N) is 1. The number of anilines is 1. The first kappa shape index (κ1) is 23.6. The Morgan fingerprint density at radius 3 is 2.58 bits per heavy atom. The van der Waals surface area contributed by atoms with Crippen molar-refractivity contribution in [3.8, 4) is 17.0 Å². The number of methoxy groups -OCH3 is 1. The Balaban J connectivity index is 1.31. The number of nitrogen functional groups attached to an aromatic ring is 1. The van der Waals surface area contributed by atoms with E-state index in [1.54, 1.807) is 12.0 Å². The van der Waals surface area contributed by atoms with Crippen LogP contribution in [0.1, 0.15) is 24.4 Å². The summed E-state index contributed by atoms with van der Waals surface area (Å²) < 4.78 is 18.1. The molecule has 1 saturated heterocycles. The van der Waals surface area contributed by atoms with Crippen LogP contribution in [-0.2, 0) is 16.1 Å². The number of nitrogens with zero attached hydrogens (tertiary/aromatic N) is 5. The van der Waals surface area contributed by atoms with E-state index in [2.05, 4.69) is 15.3 Å². The highest BCUT2D eigenvalue weighted by Crippen LogP contribution is 2.33. The normalized spacial score (nSPS) is 14.2. The first-order valence-corrected chi connectivity index (χ1v) is 11.8. The van der Waals surface area contributed by atoms with Crippen molar-refractivity contribution < 1.29 is 19.0 Å². The minimum atomic E-state index is -0.303. The molecule has 0 spiro atoms. The molecular formula is C26H28N6O4. The number of rotatable bonds is 7. The molecule has 1 aliphatic heterocycles. The zero-order valence-electron chi connectivity index (χ0n) is 20.0. The number of benzene rings is 2. The molecule has 5 rings (SSSR count). The number of aromatic nitrogens is 4. The van der Waals surface area contributed by atoms with E-state index < -0.39 is 0 Å². The lowest BCUT2D eigenvalue weighted by Gasteiger charge is -2.31. The monoisotopic (exact) mass is 488 g/mol. The first-order chi connectivity index (χ1) is 17.6. The van der Waals surface area contributed by atoms with Crippen LogP contribution in [0.2, 0.25) is 0 Å². The second-order valence-electron chi connectivity index (χ2n) is 8.60. The van der Waals surface area contributed by atoms with Gasteiger partial charge in [-0.15, -0.1) is 10.2 Å². The zero-order valence-corrected chi connectivity index (χ0v) is 20.0. The van der Waals surface area contributed by atoms with Crippen LogP contribution in [0.25, 0.3) is 22.3 Å². The average molecular weight is 489 g/mol. The van der Waals surface area contributed by atoms with Gasteiger partial charge in [-0.2, -0.15) is 5.10 Å². The molecule has 0 radical (unpaired) electrons. The molecule has 3 heterocycles. The van der Waals surface area contributed by atoms with Crippen LogP contribution in [0.5, 0.6) is 5.75 Å². The van der Waals surface area contributed by atoms with Crippen LogP contribution in [0.15, 0.2) is 60.7 Å². The van der Waals surface area contributed by atoms with Crippen molar-refractivity contribution in [1.29, 1.82) is 0 Å². The van der Waals surface area contributed by atoms with Crippen molar-refractivity contribution in [3.63, 3.8) is 0 Å². The number of amides is 1. The van der Waals surface area contributed by atoms with E-state index in [1.165, 1.54) is 0 Å². The number of hydrogen-bond donors (Lipinski definition) is 1. The van der Waals surface area contributed by atoms with Gasteiger partial charge in [-0.1, -0.05) is 42.5 Å². The van der Waals surface area contributed by atoms with E-state index in [-0.39, 0.29) is 25.5 Å². The average Bonchev–Trinajstić information content (AvgIpc) is 3.27.